The van der Waals surface area contributed by atoms with Gasteiger partial charge in [-0.1, -0.05) is 0 Å². The Bertz CT molecular complexity index is 342. The molecule has 2 aliphatic rings. The molecule has 2 saturated heterocycles. The molecule has 2 fully saturated rings. The van der Waals surface area contributed by atoms with Crippen LogP contribution in [0.2, 0.25) is 0 Å². The fraction of sp³-hybridized carbons (Fsp3) is 0.818. The van der Waals surface area contributed by atoms with E-state index in [1.54, 1.807) is 6.92 Å². The molecule has 2 heterocycles. The fourth-order valence-corrected chi connectivity index (χ4v) is 2.79. The molecule has 5 heteroatoms. The average Bonchev–Trinajstić information content (AvgIpc) is 2.62. The first-order chi connectivity index (χ1) is 7.41. The van der Waals surface area contributed by atoms with Gasteiger partial charge in [0.15, 0.2) is 0 Å². The number of hydrogen-bond donors (Lipinski definition) is 0. The number of rotatable bonds is 2. The van der Waals surface area contributed by atoms with Crippen LogP contribution in [0.15, 0.2) is 0 Å². The van der Waals surface area contributed by atoms with E-state index in [4.69, 9.17) is 4.74 Å². The minimum absolute atomic E-state index is 0.00461. The van der Waals surface area contributed by atoms with Gasteiger partial charge >= 0.3 is 5.97 Å². The summed E-state index contributed by atoms with van der Waals surface area (Å²) < 4.78 is 18.9. The number of esters is 1. The maximum atomic E-state index is 13.9. The first-order valence-corrected chi connectivity index (χ1v) is 5.58. The van der Waals surface area contributed by atoms with E-state index >= 15 is 0 Å². The van der Waals surface area contributed by atoms with Gasteiger partial charge in [0.05, 0.1) is 13.2 Å². The van der Waals surface area contributed by atoms with Gasteiger partial charge in [0.25, 0.3) is 0 Å². The zero-order valence-electron chi connectivity index (χ0n) is 9.59. The van der Waals surface area contributed by atoms with Gasteiger partial charge in [0.2, 0.25) is 5.91 Å². The summed E-state index contributed by atoms with van der Waals surface area (Å²) in [5.74, 6) is -0.600. The highest BCUT2D eigenvalue weighted by Gasteiger charge is 2.61. The zero-order valence-corrected chi connectivity index (χ0v) is 9.59. The van der Waals surface area contributed by atoms with Crippen molar-refractivity contribution in [3.8, 4) is 0 Å². The van der Waals surface area contributed by atoms with E-state index in [9.17, 15) is 14.0 Å². The summed E-state index contributed by atoms with van der Waals surface area (Å²) in [6.07, 6.45) is 0.754. The third kappa shape index (κ3) is 1.49. The third-order valence-electron chi connectivity index (χ3n) is 3.37. The highest BCUT2D eigenvalue weighted by molar-refractivity contribution is 5.92. The molecule has 2 aliphatic heterocycles. The standard InChI is InChI=1S/C11H16FNO3/c1-3-16-9(15)11-5-4-8(14)13(11)7-10(2,12)6-11/h3-7H2,1-2H3. The highest BCUT2D eigenvalue weighted by atomic mass is 19.1. The Morgan fingerprint density at radius 3 is 2.94 bits per heavy atom. The van der Waals surface area contributed by atoms with E-state index in [1.165, 1.54) is 11.8 Å². The molecule has 2 unspecified atom stereocenters. The van der Waals surface area contributed by atoms with E-state index in [0.29, 0.717) is 12.8 Å². The van der Waals surface area contributed by atoms with E-state index in [2.05, 4.69) is 0 Å². The van der Waals surface area contributed by atoms with Crippen LogP contribution in [0, 0.1) is 0 Å². The van der Waals surface area contributed by atoms with Gasteiger partial charge in [-0.15, -0.1) is 0 Å². The van der Waals surface area contributed by atoms with Crippen molar-refractivity contribution in [2.24, 2.45) is 0 Å². The van der Waals surface area contributed by atoms with Gasteiger partial charge < -0.3 is 9.64 Å². The number of hydrogen-bond acceptors (Lipinski definition) is 3. The van der Waals surface area contributed by atoms with Crippen molar-refractivity contribution in [3.05, 3.63) is 0 Å². The zero-order chi connectivity index (χ0) is 12.0. The summed E-state index contributed by atoms with van der Waals surface area (Å²) in [6, 6.07) is 0. The van der Waals surface area contributed by atoms with Crippen LogP contribution in [-0.2, 0) is 14.3 Å². The number of carbonyl (C=O) groups excluding carboxylic acids is 2. The maximum absolute atomic E-state index is 13.9. The highest BCUT2D eigenvalue weighted by Crippen LogP contribution is 2.46. The molecule has 1 amide bonds. The number of halogens is 1. The Morgan fingerprint density at radius 2 is 2.31 bits per heavy atom. The molecule has 90 valence electrons. The fourth-order valence-electron chi connectivity index (χ4n) is 2.79. The van der Waals surface area contributed by atoms with Crippen LogP contribution >= 0.6 is 0 Å². The second-order valence-corrected chi connectivity index (χ2v) is 4.82. The largest absolute Gasteiger partial charge is 0.464 e. The van der Waals surface area contributed by atoms with Gasteiger partial charge in [-0.2, -0.15) is 0 Å². The summed E-state index contributed by atoms with van der Waals surface area (Å²) in [5, 5.41) is 0. The van der Waals surface area contributed by atoms with Gasteiger partial charge in [0.1, 0.15) is 11.2 Å². The number of carbonyl (C=O) groups is 2. The molecule has 0 radical (unpaired) electrons. The Balaban J connectivity index is 2.30. The molecule has 0 aliphatic carbocycles. The molecule has 0 saturated carbocycles. The van der Waals surface area contributed by atoms with Gasteiger partial charge in [-0.3, -0.25) is 4.79 Å². The second-order valence-electron chi connectivity index (χ2n) is 4.82. The van der Waals surface area contributed by atoms with Crippen molar-refractivity contribution in [3.63, 3.8) is 0 Å². The number of alkyl halides is 1. The Labute approximate surface area is 93.7 Å². The van der Waals surface area contributed by atoms with E-state index in [-0.39, 0.29) is 25.5 Å². The average molecular weight is 229 g/mol. The molecule has 2 rings (SSSR count). The first kappa shape index (κ1) is 11.4. The molecule has 0 aromatic rings. The quantitative estimate of drug-likeness (QED) is 0.665. The predicted molar refractivity (Wildman–Crippen MR) is 54.4 cm³/mol. The molecule has 0 spiro atoms. The predicted octanol–water partition coefficient (Wildman–Crippen LogP) is 1.04. The topological polar surface area (TPSA) is 46.6 Å². The molecular weight excluding hydrogens is 213 g/mol. The molecule has 0 bridgehead atoms. The van der Waals surface area contributed by atoms with Crippen LogP contribution < -0.4 is 0 Å². The number of nitrogens with zero attached hydrogens (tertiary/aromatic N) is 1. The van der Waals surface area contributed by atoms with E-state index in [1.807, 2.05) is 0 Å². The Hall–Kier alpha value is -1.13. The van der Waals surface area contributed by atoms with Crippen molar-refractivity contribution in [1.29, 1.82) is 0 Å². The number of fused-ring (bicyclic) bond motifs is 1. The Kier molecular flexibility index (Phi) is 2.44. The lowest BCUT2D eigenvalue weighted by molar-refractivity contribution is -0.157. The molecule has 0 N–H and O–H groups in total. The molecule has 16 heavy (non-hydrogen) atoms. The molecule has 0 aromatic carbocycles. The van der Waals surface area contributed by atoms with Gasteiger partial charge in [0, 0.05) is 12.8 Å². The summed E-state index contributed by atoms with van der Waals surface area (Å²) in [4.78, 5) is 24.9. The molecule has 4 nitrogen and oxygen atoms in total. The van der Waals surface area contributed by atoms with Crippen molar-refractivity contribution in [2.75, 3.05) is 13.2 Å². The van der Waals surface area contributed by atoms with Crippen LogP contribution in [-0.4, -0.2) is 41.1 Å². The summed E-state index contributed by atoms with van der Waals surface area (Å²) in [6.45, 7) is 3.40. The van der Waals surface area contributed by atoms with Crippen LogP contribution in [0.3, 0.4) is 0 Å². The Morgan fingerprint density at radius 1 is 1.62 bits per heavy atom. The van der Waals surface area contributed by atoms with Crippen molar-refractivity contribution < 1.29 is 18.7 Å². The second kappa shape index (κ2) is 3.43. The number of ether oxygens (including phenoxy) is 1. The molecular formula is C11H16FNO3. The molecule has 0 aromatic heterocycles. The lowest BCUT2D eigenvalue weighted by Crippen LogP contribution is -2.48. The van der Waals surface area contributed by atoms with Crippen LogP contribution in [0.5, 0.6) is 0 Å². The first-order valence-electron chi connectivity index (χ1n) is 5.58. The van der Waals surface area contributed by atoms with Crippen LogP contribution in [0.25, 0.3) is 0 Å². The summed E-state index contributed by atoms with van der Waals surface area (Å²) in [7, 11) is 0. The van der Waals surface area contributed by atoms with Crippen molar-refractivity contribution in [2.45, 2.75) is 44.3 Å². The van der Waals surface area contributed by atoms with E-state index < -0.39 is 17.2 Å². The van der Waals surface area contributed by atoms with Crippen LogP contribution in [0.1, 0.15) is 33.1 Å². The SMILES string of the molecule is CCOC(=O)C12CCC(=O)N1CC(C)(F)C2. The lowest BCUT2D eigenvalue weighted by atomic mass is 9.89. The van der Waals surface area contributed by atoms with Crippen molar-refractivity contribution in [1.82, 2.24) is 4.90 Å². The van der Waals surface area contributed by atoms with Crippen LogP contribution in [0.4, 0.5) is 4.39 Å². The maximum Gasteiger partial charge on any atom is 0.332 e. The normalized spacial score (nSPS) is 37.7. The minimum atomic E-state index is -1.48. The van der Waals surface area contributed by atoms with E-state index in [0.717, 1.165) is 0 Å². The lowest BCUT2D eigenvalue weighted by Gasteiger charge is -2.28. The monoisotopic (exact) mass is 229 g/mol. The van der Waals surface area contributed by atoms with Crippen molar-refractivity contribution >= 4 is 11.9 Å². The molecule has 2 atom stereocenters. The number of amides is 1. The smallest absolute Gasteiger partial charge is 0.332 e. The summed E-state index contributed by atoms with van der Waals surface area (Å²) in [5.41, 5.74) is -2.51. The van der Waals surface area contributed by atoms with Gasteiger partial charge in [-0.05, 0) is 20.3 Å². The third-order valence-corrected chi connectivity index (χ3v) is 3.37. The summed E-state index contributed by atoms with van der Waals surface area (Å²) >= 11 is 0. The van der Waals surface area contributed by atoms with Gasteiger partial charge in [-0.25, -0.2) is 9.18 Å². The minimum Gasteiger partial charge on any atom is -0.464 e.